The quantitative estimate of drug-likeness (QED) is 0.819. The van der Waals surface area contributed by atoms with Crippen molar-refractivity contribution in [3.63, 3.8) is 0 Å². The van der Waals surface area contributed by atoms with Crippen LogP contribution in [0, 0.1) is 5.92 Å². The van der Waals surface area contributed by atoms with Crippen LogP contribution in [-0.2, 0) is 4.74 Å². The minimum absolute atomic E-state index is 0.681. The predicted molar refractivity (Wildman–Crippen MR) is 74.6 cm³/mol. The minimum Gasteiger partial charge on any atom is -0.381 e. The molecule has 94 valence electrons. The second kappa shape index (κ2) is 7.14. The summed E-state index contributed by atoms with van der Waals surface area (Å²) in [7, 11) is 0. The Hall–Kier alpha value is 0.620. The van der Waals surface area contributed by atoms with Gasteiger partial charge in [-0.15, -0.1) is 0 Å². The van der Waals surface area contributed by atoms with Crippen molar-refractivity contribution in [3.8, 4) is 0 Å². The molecule has 0 aliphatic carbocycles. The van der Waals surface area contributed by atoms with Gasteiger partial charge in [-0.1, -0.05) is 6.92 Å². The maximum absolute atomic E-state index is 5.55. The molecule has 2 saturated heterocycles. The molecule has 0 spiro atoms. The van der Waals surface area contributed by atoms with Gasteiger partial charge in [0.1, 0.15) is 0 Å². The van der Waals surface area contributed by atoms with Gasteiger partial charge in [0.25, 0.3) is 0 Å². The fraction of sp³-hybridized carbons (Fsp3) is 1.00. The highest BCUT2D eigenvalue weighted by Gasteiger charge is 2.32. The first kappa shape index (κ1) is 13.1. The van der Waals surface area contributed by atoms with E-state index in [-0.39, 0.29) is 0 Å². The Labute approximate surface area is 108 Å². The third kappa shape index (κ3) is 3.56. The number of thioether (sulfide) groups is 2. The summed E-state index contributed by atoms with van der Waals surface area (Å²) in [6, 6.07) is 0.681. The third-order valence-corrected chi connectivity index (χ3v) is 6.23. The highest BCUT2D eigenvalue weighted by molar-refractivity contribution is 8.06. The zero-order valence-electron chi connectivity index (χ0n) is 10.1. The van der Waals surface area contributed by atoms with Crippen molar-refractivity contribution in [3.05, 3.63) is 0 Å². The summed E-state index contributed by atoms with van der Waals surface area (Å²) in [6.45, 7) is 5.35. The number of hydrogen-bond acceptors (Lipinski definition) is 4. The van der Waals surface area contributed by atoms with Crippen molar-refractivity contribution >= 4 is 23.5 Å². The van der Waals surface area contributed by atoms with E-state index < -0.39 is 0 Å². The predicted octanol–water partition coefficient (Wildman–Crippen LogP) is 2.24. The van der Waals surface area contributed by atoms with Crippen molar-refractivity contribution in [2.24, 2.45) is 5.92 Å². The molecule has 0 aromatic rings. The maximum Gasteiger partial charge on any atom is 0.0510 e. The van der Waals surface area contributed by atoms with E-state index in [2.05, 4.69) is 35.8 Å². The molecular weight excluding hydrogens is 238 g/mol. The summed E-state index contributed by atoms with van der Waals surface area (Å²) in [6.07, 6.45) is 2.48. The Morgan fingerprint density at radius 3 is 3.00 bits per heavy atom. The van der Waals surface area contributed by atoms with Crippen LogP contribution in [0.2, 0.25) is 0 Å². The van der Waals surface area contributed by atoms with Gasteiger partial charge in [0.2, 0.25) is 0 Å². The molecule has 1 N–H and O–H groups in total. The van der Waals surface area contributed by atoms with Crippen LogP contribution in [0.5, 0.6) is 0 Å². The zero-order chi connectivity index (χ0) is 11.2. The molecule has 2 aliphatic heterocycles. The van der Waals surface area contributed by atoms with Crippen molar-refractivity contribution in [2.75, 3.05) is 37.0 Å². The number of nitrogens with one attached hydrogen (secondary N) is 1. The molecule has 2 aliphatic rings. The lowest BCUT2D eigenvalue weighted by molar-refractivity contribution is 0.176. The average Bonchev–Trinajstić information content (AvgIpc) is 2.85. The lowest BCUT2D eigenvalue weighted by atomic mass is 9.96. The molecule has 3 atom stereocenters. The van der Waals surface area contributed by atoms with Crippen LogP contribution in [0.1, 0.15) is 19.8 Å². The molecule has 16 heavy (non-hydrogen) atoms. The second-order valence-corrected chi connectivity index (χ2v) is 7.08. The van der Waals surface area contributed by atoms with Crippen molar-refractivity contribution < 1.29 is 4.74 Å². The van der Waals surface area contributed by atoms with E-state index in [0.29, 0.717) is 6.04 Å². The van der Waals surface area contributed by atoms with Crippen molar-refractivity contribution in [2.45, 2.75) is 31.1 Å². The van der Waals surface area contributed by atoms with Crippen LogP contribution in [0.25, 0.3) is 0 Å². The van der Waals surface area contributed by atoms with Gasteiger partial charge in [-0.2, -0.15) is 23.5 Å². The first-order valence-corrected chi connectivity index (χ1v) is 8.62. The number of ether oxygens (including phenoxy) is 1. The lowest BCUT2D eigenvalue weighted by Crippen LogP contribution is -2.46. The van der Waals surface area contributed by atoms with Gasteiger partial charge in [-0.05, 0) is 19.4 Å². The standard InChI is InChI=1S/C12H23NOS2/c1-2-4-13-12(10-3-5-14-8-10)11-9-15-6-7-16-11/h10-13H,2-9H2,1H3. The smallest absolute Gasteiger partial charge is 0.0510 e. The molecule has 0 aromatic heterocycles. The molecule has 0 aromatic carbocycles. The number of rotatable bonds is 5. The molecule has 0 radical (unpaired) electrons. The van der Waals surface area contributed by atoms with Gasteiger partial charge in [-0.25, -0.2) is 0 Å². The van der Waals surface area contributed by atoms with Crippen LogP contribution in [0.3, 0.4) is 0 Å². The molecule has 2 nitrogen and oxygen atoms in total. The first-order chi connectivity index (χ1) is 7.92. The first-order valence-electron chi connectivity index (χ1n) is 6.42. The molecule has 4 heteroatoms. The van der Waals surface area contributed by atoms with Crippen molar-refractivity contribution in [1.29, 1.82) is 0 Å². The van der Waals surface area contributed by atoms with E-state index in [4.69, 9.17) is 4.74 Å². The Morgan fingerprint density at radius 2 is 2.38 bits per heavy atom. The van der Waals surface area contributed by atoms with Crippen LogP contribution in [0.15, 0.2) is 0 Å². The molecule has 3 unspecified atom stereocenters. The summed E-state index contributed by atoms with van der Waals surface area (Å²) < 4.78 is 5.55. The second-order valence-electron chi connectivity index (χ2n) is 4.59. The van der Waals surface area contributed by atoms with Gasteiger partial charge in [0, 0.05) is 41.1 Å². The fourth-order valence-electron chi connectivity index (χ4n) is 2.46. The van der Waals surface area contributed by atoms with Crippen LogP contribution in [0.4, 0.5) is 0 Å². The fourth-order valence-corrected chi connectivity index (χ4v) is 5.43. The Kier molecular flexibility index (Phi) is 5.83. The zero-order valence-corrected chi connectivity index (χ0v) is 11.7. The third-order valence-electron chi connectivity index (χ3n) is 3.35. The average molecular weight is 261 g/mol. The van der Waals surface area contributed by atoms with Gasteiger partial charge < -0.3 is 10.1 Å². The van der Waals surface area contributed by atoms with Crippen LogP contribution >= 0.6 is 23.5 Å². The molecule has 2 heterocycles. The Morgan fingerprint density at radius 1 is 1.44 bits per heavy atom. The van der Waals surface area contributed by atoms with E-state index in [1.807, 2.05) is 0 Å². The van der Waals surface area contributed by atoms with Gasteiger partial charge in [0.05, 0.1) is 6.61 Å². The van der Waals surface area contributed by atoms with Gasteiger partial charge in [0.15, 0.2) is 0 Å². The van der Waals surface area contributed by atoms with E-state index >= 15 is 0 Å². The van der Waals surface area contributed by atoms with Crippen LogP contribution < -0.4 is 5.32 Å². The highest BCUT2D eigenvalue weighted by atomic mass is 32.2. The Balaban J connectivity index is 1.89. The van der Waals surface area contributed by atoms with E-state index in [1.165, 1.54) is 30.1 Å². The summed E-state index contributed by atoms with van der Waals surface area (Å²) >= 11 is 4.29. The Bertz CT molecular complexity index is 191. The summed E-state index contributed by atoms with van der Waals surface area (Å²) in [5.41, 5.74) is 0. The minimum atomic E-state index is 0.681. The van der Waals surface area contributed by atoms with E-state index in [0.717, 1.165) is 30.9 Å². The van der Waals surface area contributed by atoms with E-state index in [1.54, 1.807) is 0 Å². The molecule has 0 amide bonds. The summed E-state index contributed by atoms with van der Waals surface area (Å²) in [5, 5.41) is 4.57. The number of hydrogen-bond donors (Lipinski definition) is 1. The SMILES string of the molecule is CCCNC(C1CCOC1)C1CSCCS1. The molecule has 2 fully saturated rings. The summed E-state index contributed by atoms with van der Waals surface area (Å²) in [4.78, 5) is 0. The lowest BCUT2D eigenvalue weighted by Gasteiger charge is -2.33. The summed E-state index contributed by atoms with van der Waals surface area (Å²) in [5.74, 6) is 4.74. The highest BCUT2D eigenvalue weighted by Crippen LogP contribution is 2.31. The van der Waals surface area contributed by atoms with Crippen LogP contribution in [-0.4, -0.2) is 48.3 Å². The normalized spacial score (nSPS) is 32.8. The van der Waals surface area contributed by atoms with Crippen molar-refractivity contribution in [1.82, 2.24) is 5.32 Å². The maximum atomic E-state index is 5.55. The topological polar surface area (TPSA) is 21.3 Å². The van der Waals surface area contributed by atoms with Gasteiger partial charge >= 0.3 is 0 Å². The molecule has 0 bridgehead atoms. The molecular formula is C12H23NOS2. The molecule has 2 rings (SSSR count). The van der Waals surface area contributed by atoms with Gasteiger partial charge in [-0.3, -0.25) is 0 Å². The monoisotopic (exact) mass is 261 g/mol. The van der Waals surface area contributed by atoms with E-state index in [9.17, 15) is 0 Å². The largest absolute Gasteiger partial charge is 0.381 e. The molecule has 0 saturated carbocycles.